The van der Waals surface area contributed by atoms with Crippen LogP contribution >= 0.6 is 11.8 Å². The molecule has 8 atom stereocenters. The van der Waals surface area contributed by atoms with Crippen molar-refractivity contribution in [2.24, 2.45) is 23.7 Å². The van der Waals surface area contributed by atoms with E-state index in [4.69, 9.17) is 4.74 Å². The van der Waals surface area contributed by atoms with Crippen LogP contribution in [-0.2, 0) is 14.4 Å². The van der Waals surface area contributed by atoms with E-state index in [0.29, 0.717) is 24.5 Å². The number of thioether (sulfide) groups is 1. The molecule has 3 saturated heterocycles. The second-order valence-corrected chi connectivity index (χ2v) is 15.6. The lowest BCUT2D eigenvalue weighted by atomic mass is 9.65. The number of hydrogen-bond donors (Lipinski definition) is 1. The van der Waals surface area contributed by atoms with Crippen molar-refractivity contribution >= 4 is 46.5 Å². The van der Waals surface area contributed by atoms with E-state index in [2.05, 4.69) is 38.8 Å². The van der Waals surface area contributed by atoms with Gasteiger partial charge in [0.2, 0.25) is 11.8 Å². The maximum absolute atomic E-state index is 15.3. The lowest BCUT2D eigenvalue weighted by molar-refractivity contribution is -0.143. The summed E-state index contributed by atoms with van der Waals surface area (Å²) in [7, 11) is 0. The number of likely N-dealkylation sites (tertiary alicyclic amines) is 1. The first-order chi connectivity index (χ1) is 24.6. The van der Waals surface area contributed by atoms with E-state index in [0.717, 1.165) is 30.9 Å². The summed E-state index contributed by atoms with van der Waals surface area (Å²) in [6.07, 6.45) is 4.84. The van der Waals surface area contributed by atoms with Gasteiger partial charge in [-0.3, -0.25) is 14.4 Å². The predicted octanol–water partition coefficient (Wildman–Crippen LogP) is 6.41. The van der Waals surface area contributed by atoms with E-state index in [1.807, 2.05) is 69.3 Å². The Kier molecular flexibility index (Phi) is 12.3. The molecule has 51 heavy (non-hydrogen) atoms. The topological polar surface area (TPSA) is 93.6 Å². The molecular weight excluding hydrogens is 661 g/mol. The quantitative estimate of drug-likeness (QED) is 0.189. The number of carbonyl (C=O) groups is 3. The normalized spacial score (nSPS) is 26.0. The Morgan fingerprint density at radius 3 is 2.02 bits per heavy atom. The molecule has 3 aliphatic heterocycles. The van der Waals surface area contributed by atoms with Gasteiger partial charge in [0.25, 0.3) is 5.91 Å². The highest BCUT2D eigenvalue weighted by atomic mass is 32.2. The fraction of sp³-hybridized carbons (Fsp3) is 0.537. The molecule has 1 N–H and O–H groups in total. The van der Waals surface area contributed by atoms with Crippen molar-refractivity contribution in [2.45, 2.75) is 76.5 Å². The molecule has 2 bridgehead atoms. The molecule has 0 saturated carbocycles. The first-order valence-electron chi connectivity index (χ1n) is 18.6. The van der Waals surface area contributed by atoms with Crippen LogP contribution in [0.5, 0.6) is 5.75 Å². The molecule has 3 heterocycles. The van der Waals surface area contributed by atoms with E-state index in [-0.39, 0.29) is 54.5 Å². The summed E-state index contributed by atoms with van der Waals surface area (Å²) in [5, 5.41) is 10.8. The molecule has 0 aromatic heterocycles. The van der Waals surface area contributed by atoms with Crippen LogP contribution < -0.4 is 19.4 Å². The number of ether oxygens (including phenoxy) is 1. The van der Waals surface area contributed by atoms with Crippen molar-refractivity contribution in [3.63, 3.8) is 0 Å². The Bertz CT molecular complexity index is 1560. The summed E-state index contributed by atoms with van der Waals surface area (Å²) < 4.78 is 4.80. The highest BCUT2D eigenvalue weighted by Crippen LogP contribution is 2.69. The maximum Gasteiger partial charge on any atom is 0.251 e. The SMILES string of the molecule is C=CCN(C(=O)C1N([C@@H](CO)[C@@H](C)CC)C(=O)[C@@H]2[C@@H](C(=O)N(CC=C)c3ccc(OCC)cc3)[C@H]3CC(C)C12S3)c1ccc(N(CC)CC)cc1. The van der Waals surface area contributed by atoms with Crippen LogP contribution in [0.1, 0.15) is 54.4 Å². The number of benzene rings is 2. The molecule has 2 aromatic rings. The zero-order chi connectivity index (χ0) is 37.0. The van der Waals surface area contributed by atoms with Gasteiger partial charge in [0.05, 0.1) is 35.8 Å². The van der Waals surface area contributed by atoms with Crippen molar-refractivity contribution in [3.8, 4) is 5.75 Å². The lowest BCUT2D eigenvalue weighted by Gasteiger charge is -2.43. The average molecular weight is 717 g/mol. The Labute approximate surface area is 308 Å². The summed E-state index contributed by atoms with van der Waals surface area (Å²) in [5.41, 5.74) is 2.49. The van der Waals surface area contributed by atoms with Crippen LogP contribution in [0.3, 0.4) is 0 Å². The second kappa shape index (κ2) is 16.3. The molecule has 2 aromatic carbocycles. The Hall–Kier alpha value is -3.76. The highest BCUT2D eigenvalue weighted by molar-refractivity contribution is 8.02. The first-order valence-corrected chi connectivity index (χ1v) is 19.5. The Morgan fingerprint density at radius 1 is 0.961 bits per heavy atom. The van der Waals surface area contributed by atoms with Crippen LogP contribution in [0.4, 0.5) is 17.1 Å². The van der Waals surface area contributed by atoms with E-state index < -0.39 is 28.7 Å². The minimum Gasteiger partial charge on any atom is -0.494 e. The van der Waals surface area contributed by atoms with Gasteiger partial charge in [0, 0.05) is 48.5 Å². The van der Waals surface area contributed by atoms with Gasteiger partial charge in [-0.05, 0) is 87.6 Å². The molecule has 3 amide bonds. The van der Waals surface area contributed by atoms with E-state index in [1.165, 1.54) is 0 Å². The van der Waals surface area contributed by atoms with Crippen LogP contribution in [-0.4, -0.2) is 89.2 Å². The summed E-state index contributed by atoms with van der Waals surface area (Å²) in [6.45, 7) is 22.8. The van der Waals surface area contributed by atoms with Crippen LogP contribution in [0.15, 0.2) is 73.8 Å². The zero-order valence-electron chi connectivity index (χ0n) is 31.2. The van der Waals surface area contributed by atoms with Gasteiger partial charge in [-0.1, -0.05) is 39.3 Å². The third-order valence-electron chi connectivity index (χ3n) is 11.5. The van der Waals surface area contributed by atoms with Gasteiger partial charge in [-0.2, -0.15) is 0 Å². The van der Waals surface area contributed by atoms with Crippen molar-refractivity contribution < 1.29 is 24.2 Å². The number of fused-ring (bicyclic) bond motifs is 1. The number of aliphatic hydroxyl groups excluding tert-OH is 1. The number of rotatable bonds is 17. The summed E-state index contributed by atoms with van der Waals surface area (Å²) in [4.78, 5) is 52.6. The van der Waals surface area contributed by atoms with E-state index in [9.17, 15) is 9.90 Å². The number of anilines is 3. The molecule has 5 rings (SSSR count). The van der Waals surface area contributed by atoms with Crippen molar-refractivity contribution in [1.82, 2.24) is 4.90 Å². The molecular formula is C41H56N4O5S. The number of hydrogen-bond acceptors (Lipinski definition) is 7. The minimum absolute atomic E-state index is 0.0188. The van der Waals surface area contributed by atoms with Crippen LogP contribution in [0, 0.1) is 23.7 Å². The largest absolute Gasteiger partial charge is 0.494 e. The predicted molar refractivity (Wildman–Crippen MR) is 209 cm³/mol. The lowest BCUT2D eigenvalue weighted by Crippen LogP contribution is -2.60. The molecule has 9 nitrogen and oxygen atoms in total. The highest BCUT2D eigenvalue weighted by Gasteiger charge is 2.77. The molecule has 1 spiro atoms. The summed E-state index contributed by atoms with van der Waals surface area (Å²) >= 11 is 1.65. The fourth-order valence-corrected chi connectivity index (χ4v) is 11.1. The third kappa shape index (κ3) is 6.70. The summed E-state index contributed by atoms with van der Waals surface area (Å²) in [6, 6.07) is 14.0. The molecule has 276 valence electrons. The average Bonchev–Trinajstić information content (AvgIpc) is 3.74. The van der Waals surface area contributed by atoms with Crippen LogP contribution in [0.25, 0.3) is 0 Å². The number of nitrogens with zero attached hydrogens (tertiary/aromatic N) is 4. The molecule has 3 aliphatic rings. The molecule has 3 fully saturated rings. The third-order valence-corrected chi connectivity index (χ3v) is 13.5. The Balaban J connectivity index is 1.60. The monoisotopic (exact) mass is 716 g/mol. The fourth-order valence-electron chi connectivity index (χ4n) is 8.74. The van der Waals surface area contributed by atoms with Crippen molar-refractivity contribution in [2.75, 3.05) is 54.1 Å². The van der Waals surface area contributed by atoms with Gasteiger partial charge in [0.15, 0.2) is 0 Å². The summed E-state index contributed by atoms with van der Waals surface area (Å²) in [5.74, 6) is -1.29. The number of amides is 3. The molecule has 3 unspecified atom stereocenters. The van der Waals surface area contributed by atoms with Crippen molar-refractivity contribution in [1.29, 1.82) is 0 Å². The standard InChI is InChI=1S/C41H56N4O5S/c1-9-23-43(31-19-21-32(22-20-31)50-14-6)38(47)35-34-25-28(8)41(51-34)36(35)39(48)45(33(26-46)27(7)11-3)37(41)40(49)44(24-10-2)30-17-15-29(16-18-30)42(12-4)13-5/h9-10,15-22,27-28,33-37,46H,1-2,11-14,23-26H2,3-8H3/t27-,28?,33-,34+,35-,36-,37?,41?/m0/s1. The van der Waals surface area contributed by atoms with Gasteiger partial charge in [-0.25, -0.2) is 0 Å². The molecule has 10 heteroatoms. The zero-order valence-corrected chi connectivity index (χ0v) is 32.0. The van der Waals surface area contributed by atoms with Crippen molar-refractivity contribution in [3.05, 3.63) is 73.8 Å². The number of carbonyl (C=O) groups excluding carboxylic acids is 3. The minimum atomic E-state index is -0.871. The van der Waals surface area contributed by atoms with Crippen LogP contribution in [0.2, 0.25) is 0 Å². The van der Waals surface area contributed by atoms with Gasteiger partial charge in [0.1, 0.15) is 11.8 Å². The smallest absolute Gasteiger partial charge is 0.251 e. The van der Waals surface area contributed by atoms with Gasteiger partial charge < -0.3 is 29.4 Å². The van der Waals surface area contributed by atoms with Gasteiger partial charge >= 0.3 is 0 Å². The molecule has 0 aliphatic carbocycles. The van der Waals surface area contributed by atoms with Gasteiger partial charge in [-0.15, -0.1) is 24.9 Å². The van der Waals surface area contributed by atoms with E-state index >= 15 is 9.59 Å². The maximum atomic E-state index is 15.3. The first kappa shape index (κ1) is 38.5. The second-order valence-electron chi connectivity index (χ2n) is 14.0. The van der Waals surface area contributed by atoms with E-state index in [1.54, 1.807) is 38.6 Å². The Morgan fingerprint density at radius 2 is 1.51 bits per heavy atom. The number of aliphatic hydroxyl groups is 1. The molecule has 0 radical (unpaired) electrons.